The number of ether oxygens (including phenoxy) is 1. The molecule has 0 aromatic rings. The van der Waals surface area contributed by atoms with Crippen molar-refractivity contribution in [2.45, 2.75) is 39.0 Å². The van der Waals surface area contributed by atoms with Crippen LogP contribution < -0.4 is 16.2 Å². The molecule has 0 aliphatic heterocycles. The zero-order valence-corrected chi connectivity index (χ0v) is 16.8. The summed E-state index contributed by atoms with van der Waals surface area (Å²) in [4.78, 5) is 22.5. The van der Waals surface area contributed by atoms with Crippen LogP contribution in [0.2, 0.25) is 25.7 Å². The van der Waals surface area contributed by atoms with Crippen LogP contribution in [0.25, 0.3) is 0 Å². The van der Waals surface area contributed by atoms with Gasteiger partial charge in [-0.3, -0.25) is 0 Å². The molecule has 0 rings (SSSR count). The molecule has 136 valence electrons. The lowest BCUT2D eigenvalue weighted by Crippen LogP contribution is -2.51. The highest BCUT2D eigenvalue weighted by Crippen LogP contribution is 2.21. The third kappa shape index (κ3) is 10.3. The van der Waals surface area contributed by atoms with Crippen molar-refractivity contribution in [3.8, 4) is 0 Å². The van der Waals surface area contributed by atoms with Crippen molar-refractivity contribution in [1.82, 2.24) is 16.2 Å². The van der Waals surface area contributed by atoms with Gasteiger partial charge in [0.05, 0.1) is 6.61 Å². The summed E-state index contributed by atoms with van der Waals surface area (Å²) in [6, 6.07) is 0.0711. The molecule has 0 aliphatic rings. The van der Waals surface area contributed by atoms with Crippen LogP contribution in [0.3, 0.4) is 0 Å². The molecule has 3 amide bonds. The van der Waals surface area contributed by atoms with Crippen LogP contribution in [0.4, 0.5) is 9.59 Å². The summed E-state index contributed by atoms with van der Waals surface area (Å²) in [7, 11) is -1.33. The normalized spacial score (nSPS) is 11.7. The van der Waals surface area contributed by atoms with Crippen LogP contribution in [0.5, 0.6) is 0 Å². The van der Waals surface area contributed by atoms with Crippen molar-refractivity contribution >= 4 is 29.2 Å². The maximum absolute atomic E-state index is 11.5. The van der Waals surface area contributed by atoms with E-state index in [0.29, 0.717) is 19.0 Å². The summed E-state index contributed by atoms with van der Waals surface area (Å²) in [5.41, 5.74) is 4.29. The summed E-state index contributed by atoms with van der Waals surface area (Å²) < 4.78 is 21.7. The number of carbonyl (C=O) groups excluding carboxylic acids is 2. The number of amides is 3. The molecule has 3 N–H and O–H groups in total. The SMILES string of the molecule is CCOC(=O)NNC(=O)NCCC[Si](OC)(OC)O[Si](C)(C)C. The molecule has 0 saturated carbocycles. The summed E-state index contributed by atoms with van der Waals surface area (Å²) in [6.07, 6.45) is -0.0815. The lowest BCUT2D eigenvalue weighted by Gasteiger charge is -2.33. The average molecular weight is 368 g/mol. The van der Waals surface area contributed by atoms with Crippen LogP contribution in [0.15, 0.2) is 0 Å². The smallest absolute Gasteiger partial charge is 0.449 e. The number of carbonyl (C=O) groups is 2. The quantitative estimate of drug-likeness (QED) is 0.323. The van der Waals surface area contributed by atoms with Crippen molar-refractivity contribution in [3.63, 3.8) is 0 Å². The van der Waals surface area contributed by atoms with Gasteiger partial charge in [-0.25, -0.2) is 20.4 Å². The van der Waals surface area contributed by atoms with Gasteiger partial charge in [0.15, 0.2) is 8.32 Å². The molecule has 0 aromatic carbocycles. The number of hydrogen-bond donors (Lipinski definition) is 3. The Hall–Kier alpha value is -1.15. The number of urea groups is 1. The van der Waals surface area contributed by atoms with E-state index in [0.717, 1.165) is 0 Å². The van der Waals surface area contributed by atoms with E-state index in [1.54, 1.807) is 21.1 Å². The Bertz CT molecular complexity index is 374. The van der Waals surface area contributed by atoms with Gasteiger partial charge in [-0.1, -0.05) is 0 Å². The van der Waals surface area contributed by atoms with E-state index in [1.807, 2.05) is 0 Å². The van der Waals surface area contributed by atoms with Crippen molar-refractivity contribution in [2.24, 2.45) is 0 Å². The van der Waals surface area contributed by atoms with Crippen LogP contribution in [0.1, 0.15) is 13.3 Å². The number of nitrogens with one attached hydrogen (secondary N) is 3. The van der Waals surface area contributed by atoms with Crippen LogP contribution in [-0.2, 0) is 17.7 Å². The molecule has 0 bridgehead atoms. The van der Waals surface area contributed by atoms with Gasteiger partial charge in [0, 0.05) is 26.8 Å². The van der Waals surface area contributed by atoms with E-state index in [-0.39, 0.29) is 6.61 Å². The lowest BCUT2D eigenvalue weighted by molar-refractivity contribution is 0.147. The van der Waals surface area contributed by atoms with Crippen LogP contribution in [0, 0.1) is 0 Å². The van der Waals surface area contributed by atoms with E-state index >= 15 is 0 Å². The average Bonchev–Trinajstić information content (AvgIpc) is 2.47. The zero-order valence-electron chi connectivity index (χ0n) is 14.8. The second-order valence-corrected chi connectivity index (χ2v) is 13.4. The van der Waals surface area contributed by atoms with Gasteiger partial charge in [0.2, 0.25) is 0 Å². The summed E-state index contributed by atoms with van der Waals surface area (Å²) in [6.45, 7) is 8.50. The van der Waals surface area contributed by atoms with Crippen molar-refractivity contribution in [3.05, 3.63) is 0 Å². The van der Waals surface area contributed by atoms with Gasteiger partial charge in [0.1, 0.15) is 0 Å². The first kappa shape index (κ1) is 21.9. The minimum Gasteiger partial charge on any atom is -0.449 e. The fourth-order valence-electron chi connectivity index (χ4n) is 1.71. The molecule has 0 heterocycles. The summed E-state index contributed by atoms with van der Waals surface area (Å²) in [5, 5.41) is 2.61. The standard InChI is InChI=1S/C12H29N3O6Si2/c1-7-20-12(17)15-14-11(16)13-9-8-10-23(18-2,19-3)21-22(4,5)6/h7-10H2,1-6H3,(H,15,17)(H2,13,14,16). The van der Waals surface area contributed by atoms with Gasteiger partial charge in [-0.15, -0.1) is 0 Å². The van der Waals surface area contributed by atoms with Gasteiger partial charge in [-0.05, 0) is 33.0 Å². The molecule has 0 radical (unpaired) electrons. The third-order valence-corrected chi connectivity index (χ3v) is 8.49. The Morgan fingerprint density at radius 1 is 1.04 bits per heavy atom. The van der Waals surface area contributed by atoms with Crippen LogP contribution in [-0.4, -0.2) is 56.6 Å². The summed E-state index contributed by atoms with van der Waals surface area (Å²) in [5.74, 6) is 0. The van der Waals surface area contributed by atoms with Crippen molar-refractivity contribution < 1.29 is 27.3 Å². The second kappa shape index (κ2) is 10.6. The molecular weight excluding hydrogens is 338 g/mol. The van der Waals surface area contributed by atoms with Crippen molar-refractivity contribution in [2.75, 3.05) is 27.4 Å². The molecule has 0 atom stereocenters. The Balaban J connectivity index is 4.11. The number of rotatable bonds is 9. The topological polar surface area (TPSA) is 107 Å². The predicted octanol–water partition coefficient (Wildman–Crippen LogP) is 1.42. The molecule has 0 aromatic heterocycles. The molecule has 0 spiro atoms. The fraction of sp³-hybridized carbons (Fsp3) is 0.833. The first-order chi connectivity index (χ1) is 10.7. The monoisotopic (exact) mass is 367 g/mol. The van der Waals surface area contributed by atoms with Gasteiger partial charge < -0.3 is 23.0 Å². The fourth-order valence-corrected chi connectivity index (χ4v) is 7.71. The third-order valence-electron chi connectivity index (χ3n) is 2.58. The molecule has 23 heavy (non-hydrogen) atoms. The van der Waals surface area contributed by atoms with E-state index < -0.39 is 29.2 Å². The number of hydrazine groups is 1. The van der Waals surface area contributed by atoms with Gasteiger partial charge in [-0.2, -0.15) is 0 Å². The van der Waals surface area contributed by atoms with E-state index in [4.69, 9.17) is 13.0 Å². The predicted molar refractivity (Wildman–Crippen MR) is 90.3 cm³/mol. The van der Waals surface area contributed by atoms with Gasteiger partial charge in [0.25, 0.3) is 0 Å². The molecule has 0 saturated heterocycles. The van der Waals surface area contributed by atoms with E-state index in [9.17, 15) is 9.59 Å². The molecular formula is C12H29N3O6Si2. The highest BCUT2D eigenvalue weighted by atomic mass is 28.5. The van der Waals surface area contributed by atoms with Crippen LogP contribution >= 0.6 is 0 Å². The minimum absolute atomic E-state index is 0.229. The highest BCUT2D eigenvalue weighted by molar-refractivity contribution is 6.79. The lowest BCUT2D eigenvalue weighted by atomic mass is 10.5. The maximum atomic E-state index is 11.5. The van der Waals surface area contributed by atoms with Gasteiger partial charge >= 0.3 is 20.9 Å². The molecule has 9 nitrogen and oxygen atoms in total. The minimum atomic E-state index is -2.70. The second-order valence-electron chi connectivity index (χ2n) is 5.64. The van der Waals surface area contributed by atoms with E-state index in [2.05, 4.69) is 40.5 Å². The largest absolute Gasteiger partial charge is 0.490 e. The Morgan fingerprint density at radius 3 is 2.13 bits per heavy atom. The molecule has 11 heteroatoms. The maximum Gasteiger partial charge on any atom is 0.490 e. The molecule has 0 fully saturated rings. The Labute approximate surface area is 139 Å². The van der Waals surface area contributed by atoms with E-state index in [1.165, 1.54) is 0 Å². The molecule has 0 aliphatic carbocycles. The zero-order chi connectivity index (χ0) is 17.9. The van der Waals surface area contributed by atoms with Crippen molar-refractivity contribution in [1.29, 1.82) is 0 Å². The first-order valence-corrected chi connectivity index (χ1v) is 12.8. The molecule has 0 unspecified atom stereocenters. The highest BCUT2D eigenvalue weighted by Gasteiger charge is 2.42. The summed E-state index contributed by atoms with van der Waals surface area (Å²) >= 11 is 0. The Kier molecular flexibility index (Phi) is 10.1. The first-order valence-electron chi connectivity index (χ1n) is 7.45. The number of hydrogen-bond acceptors (Lipinski definition) is 6. The Morgan fingerprint density at radius 2 is 1.65 bits per heavy atom.